The van der Waals surface area contributed by atoms with Crippen molar-refractivity contribution in [1.82, 2.24) is 0 Å². The van der Waals surface area contributed by atoms with Gasteiger partial charge in [0.2, 0.25) is 0 Å². The highest BCUT2D eigenvalue weighted by molar-refractivity contribution is 6.14. The quantitative estimate of drug-likeness (QED) is 0.0327. The number of aliphatic hydroxyl groups is 1. The summed E-state index contributed by atoms with van der Waals surface area (Å²) in [4.78, 5) is 0. The minimum atomic E-state index is -0.237. The Morgan fingerprint density at radius 1 is 0.416 bits per heavy atom. The van der Waals surface area contributed by atoms with Gasteiger partial charge >= 0.3 is 0 Å². The number of oxime groups is 5. The molecule has 18 nitrogen and oxygen atoms in total. The van der Waals surface area contributed by atoms with E-state index in [-0.39, 0.29) is 35.4 Å². The van der Waals surface area contributed by atoms with E-state index >= 15 is 0 Å². The first-order valence-electron chi connectivity index (χ1n) is 23.0. The van der Waals surface area contributed by atoms with Crippen LogP contribution in [0.15, 0.2) is 232 Å². The van der Waals surface area contributed by atoms with Crippen LogP contribution in [0.3, 0.4) is 0 Å². The average Bonchev–Trinajstić information content (AvgIpc) is 3.46. The van der Waals surface area contributed by atoms with Crippen LogP contribution < -0.4 is 9.47 Å². The first-order valence-corrected chi connectivity index (χ1v) is 23.0. The number of aromatic hydroxyl groups is 5. The molecule has 77 heavy (non-hydrogen) atoms. The van der Waals surface area contributed by atoms with Gasteiger partial charge in [-0.15, -0.1) is 0 Å². The van der Waals surface area contributed by atoms with Gasteiger partial charge in [0.05, 0.1) is 31.0 Å². The van der Waals surface area contributed by atoms with E-state index in [1.54, 1.807) is 79.7 Å². The predicted molar refractivity (Wildman–Crippen MR) is 293 cm³/mol. The third-order valence-electron chi connectivity index (χ3n) is 10.6. The van der Waals surface area contributed by atoms with Crippen LogP contribution in [0, 0.1) is 0 Å². The van der Waals surface area contributed by atoms with Crippen LogP contribution in [0.1, 0.15) is 45.9 Å². The summed E-state index contributed by atoms with van der Waals surface area (Å²) in [5.74, 6) is 2.77. The van der Waals surface area contributed by atoms with Crippen molar-refractivity contribution >= 4 is 40.8 Å². The van der Waals surface area contributed by atoms with Gasteiger partial charge in [0, 0.05) is 44.3 Å². The molecule has 0 aliphatic heterocycles. The fourth-order valence-corrected chi connectivity index (χ4v) is 6.82. The van der Waals surface area contributed by atoms with Crippen molar-refractivity contribution in [2.45, 2.75) is 13.5 Å². The summed E-state index contributed by atoms with van der Waals surface area (Å²) in [5, 5.41) is 116. The van der Waals surface area contributed by atoms with E-state index in [2.05, 4.69) is 25.8 Å². The van der Waals surface area contributed by atoms with Gasteiger partial charge in [0.15, 0.2) is 0 Å². The zero-order valence-electron chi connectivity index (χ0n) is 41.0. The number of benzene rings is 9. The fraction of sp³-hybridized carbons (Fsp3) is 0.0339. The molecule has 18 heteroatoms. The van der Waals surface area contributed by atoms with Crippen LogP contribution >= 0.6 is 0 Å². The highest BCUT2D eigenvalue weighted by Crippen LogP contribution is 2.30. The van der Waals surface area contributed by atoms with Crippen molar-refractivity contribution in [3.8, 4) is 51.7 Å². The number of aliphatic hydroxyl groups excluding tert-OH is 1. The monoisotopic (exact) mass is 1040 g/mol. The molecule has 0 fully saturated rings. The summed E-state index contributed by atoms with van der Waals surface area (Å²) in [5.41, 5.74) is 4.15. The largest absolute Gasteiger partial charge is 0.507 e. The lowest BCUT2D eigenvalue weighted by Crippen LogP contribution is -2.03. The Bertz CT molecular complexity index is 3330. The highest BCUT2D eigenvalue weighted by atomic mass is 16.5. The number of rotatable bonds is 11. The van der Waals surface area contributed by atoms with Gasteiger partial charge in [0.25, 0.3) is 0 Å². The number of hydrogen-bond donors (Lipinski definition) is 11. The van der Waals surface area contributed by atoms with Gasteiger partial charge in [-0.05, 0) is 97.2 Å². The third kappa shape index (κ3) is 17.1. The van der Waals surface area contributed by atoms with Crippen LogP contribution in [0.5, 0.6) is 51.7 Å². The summed E-state index contributed by atoms with van der Waals surface area (Å²) in [6.45, 7) is 1.41. The molecule has 0 bridgehead atoms. The van der Waals surface area contributed by atoms with Crippen molar-refractivity contribution < 1.29 is 66.1 Å². The minimum Gasteiger partial charge on any atom is -0.507 e. The maximum absolute atomic E-state index is 9.96. The van der Waals surface area contributed by atoms with Gasteiger partial charge in [-0.1, -0.05) is 147 Å². The van der Waals surface area contributed by atoms with E-state index in [1.807, 2.05) is 121 Å². The molecule has 0 aliphatic rings. The maximum atomic E-state index is 9.96. The van der Waals surface area contributed by atoms with Crippen LogP contribution in [0.2, 0.25) is 0 Å². The number of hydrogen-bond acceptors (Lipinski definition) is 18. The Kier molecular flexibility index (Phi) is 22.4. The van der Waals surface area contributed by atoms with Gasteiger partial charge in [-0.25, -0.2) is 0 Å². The van der Waals surface area contributed by atoms with Crippen LogP contribution in [-0.4, -0.2) is 86.7 Å². The predicted octanol–water partition coefficient (Wildman–Crippen LogP) is 12.0. The molecule has 0 unspecified atom stereocenters. The second kappa shape index (κ2) is 30.2. The normalized spacial score (nSPS) is 11.0. The molecule has 0 aromatic heterocycles. The molecule has 0 aliphatic carbocycles. The minimum absolute atomic E-state index is 0.0308. The Labute approximate surface area is 441 Å². The summed E-state index contributed by atoms with van der Waals surface area (Å²) < 4.78 is 11.1. The molecule has 0 spiro atoms. The number of phenolic OH excluding ortho intramolecular Hbond substituents is 4. The lowest BCUT2D eigenvalue weighted by atomic mass is 10.0. The van der Waals surface area contributed by atoms with E-state index in [0.717, 1.165) is 35.0 Å². The number of ether oxygens (including phenoxy) is 2. The van der Waals surface area contributed by atoms with Crippen molar-refractivity contribution in [3.05, 3.63) is 245 Å². The lowest BCUT2D eigenvalue weighted by Gasteiger charge is -2.06. The summed E-state index contributed by atoms with van der Waals surface area (Å²) in [6.07, 6.45) is 3.40. The summed E-state index contributed by atoms with van der Waals surface area (Å²) >= 11 is 0. The SMILES string of the molecule is C/C(=N\O)c1ccc2ccccc2c1O.O/N=C(\c1ccccc1)c1ccccc1O.O/N=C/c1cc(Oc2ccccc2)ccc1O.O/N=C/c1cc(Oc2ccccc2)ccc1O.OCc1cccc(/C=N/O)c1O. The molecule has 0 saturated carbocycles. The standard InChI is InChI=1S/2C13H11NO3.C13H11NO2.C12H11NO2.C8H9NO3/c2*15-13-7-6-12(8-10(13)9-14-16)17-11-4-2-1-3-5-11;15-12-9-5-4-8-11(12)13(14-16)10-6-2-1-3-7-10;1-8(13-15)10-7-6-9-4-2-3-5-11(9)12(10)14;10-5-7-3-1-2-6(4-9-12)8(7)11/h2*1-9,15-16H;1-9,15-16H;2-7,14-15H,1H3;1-4,10-12H,5H2/b2*14-9+;14-13+;13-8+;9-4+. The number of para-hydroxylation sites is 4. The Hall–Kier alpha value is -10.9. The molecule has 0 atom stereocenters. The van der Waals surface area contributed by atoms with Crippen LogP contribution in [0.25, 0.3) is 10.8 Å². The molecule has 392 valence electrons. The molecule has 0 saturated heterocycles. The second-order valence-electron chi connectivity index (χ2n) is 15.7. The van der Waals surface area contributed by atoms with E-state index < -0.39 is 0 Å². The first-order chi connectivity index (χ1) is 37.4. The van der Waals surface area contributed by atoms with Gasteiger partial charge in [-0.3, -0.25) is 0 Å². The average molecular weight is 1040 g/mol. The van der Waals surface area contributed by atoms with Crippen molar-refractivity contribution in [2.24, 2.45) is 25.8 Å². The Morgan fingerprint density at radius 3 is 1.42 bits per heavy atom. The van der Waals surface area contributed by atoms with E-state index in [0.29, 0.717) is 67.8 Å². The van der Waals surface area contributed by atoms with Crippen LogP contribution in [-0.2, 0) is 6.61 Å². The number of nitrogens with zero attached hydrogens (tertiary/aromatic N) is 5. The summed E-state index contributed by atoms with van der Waals surface area (Å²) in [6, 6.07) is 59.9. The number of fused-ring (bicyclic) bond motifs is 1. The third-order valence-corrected chi connectivity index (χ3v) is 10.6. The summed E-state index contributed by atoms with van der Waals surface area (Å²) in [7, 11) is 0. The molecular formula is C59H53N5O13. The Morgan fingerprint density at radius 2 is 0.909 bits per heavy atom. The molecule has 9 aromatic rings. The second-order valence-corrected chi connectivity index (χ2v) is 15.7. The Balaban J connectivity index is 0.000000178. The van der Waals surface area contributed by atoms with Crippen molar-refractivity contribution in [2.75, 3.05) is 0 Å². The van der Waals surface area contributed by atoms with E-state index in [4.69, 9.17) is 40.6 Å². The first kappa shape index (κ1) is 57.1. The zero-order valence-corrected chi connectivity index (χ0v) is 41.0. The lowest BCUT2D eigenvalue weighted by molar-refractivity contribution is 0.275. The van der Waals surface area contributed by atoms with Crippen molar-refractivity contribution in [1.29, 1.82) is 0 Å². The zero-order chi connectivity index (χ0) is 55.4. The van der Waals surface area contributed by atoms with Gasteiger partial charge < -0.3 is 66.1 Å². The molecule has 9 aromatic carbocycles. The highest BCUT2D eigenvalue weighted by Gasteiger charge is 2.12. The molecule has 0 amide bonds. The molecular weight excluding hydrogens is 987 g/mol. The van der Waals surface area contributed by atoms with Gasteiger partial charge in [0.1, 0.15) is 57.5 Å². The van der Waals surface area contributed by atoms with Gasteiger partial charge in [-0.2, -0.15) is 0 Å². The van der Waals surface area contributed by atoms with Crippen molar-refractivity contribution in [3.63, 3.8) is 0 Å². The van der Waals surface area contributed by atoms with Crippen LogP contribution in [0.4, 0.5) is 0 Å². The molecule has 11 N–H and O–H groups in total. The molecule has 0 heterocycles. The molecule has 0 radical (unpaired) electrons. The number of phenols is 5. The van der Waals surface area contributed by atoms with E-state index in [1.165, 1.54) is 12.1 Å². The molecule has 9 rings (SSSR count). The topological polar surface area (TPSA) is 303 Å². The van der Waals surface area contributed by atoms with E-state index in [9.17, 15) is 25.5 Å². The maximum Gasteiger partial charge on any atom is 0.132 e. The fourth-order valence-electron chi connectivity index (χ4n) is 6.82. The smallest absolute Gasteiger partial charge is 0.132 e.